The van der Waals surface area contributed by atoms with Crippen molar-refractivity contribution in [1.82, 2.24) is 0 Å². The third-order valence-electron chi connectivity index (χ3n) is 1.59. The van der Waals surface area contributed by atoms with E-state index in [-0.39, 0.29) is 37.7 Å². The molecule has 11 heteroatoms. The average Bonchev–Trinajstić information content (AvgIpc) is 2.33. The summed E-state index contributed by atoms with van der Waals surface area (Å²) >= 11 is 0. The zero-order chi connectivity index (χ0) is 16.3. The van der Waals surface area contributed by atoms with Gasteiger partial charge in [0.2, 0.25) is 0 Å². The van der Waals surface area contributed by atoms with Crippen LogP contribution in [-0.2, 0) is 28.8 Å². The molecule has 0 aliphatic heterocycles. The van der Waals surface area contributed by atoms with E-state index >= 15 is 0 Å². The van der Waals surface area contributed by atoms with E-state index in [0.29, 0.717) is 0 Å². The van der Waals surface area contributed by atoms with E-state index in [0.717, 1.165) is 0 Å². The molecule has 0 fully saturated rings. The first kappa shape index (κ1) is 24.5. The van der Waals surface area contributed by atoms with Crippen LogP contribution < -0.4 is 10.2 Å². The van der Waals surface area contributed by atoms with Crippen molar-refractivity contribution in [2.75, 3.05) is 0 Å². The second kappa shape index (κ2) is 13.5. The summed E-state index contributed by atoms with van der Waals surface area (Å²) in [6.45, 7) is 0. The third kappa shape index (κ3) is 18.5. The summed E-state index contributed by atoms with van der Waals surface area (Å²) < 4.78 is 0. The van der Waals surface area contributed by atoms with E-state index in [9.17, 15) is 39.0 Å². The van der Waals surface area contributed by atoms with Crippen molar-refractivity contribution in [3.8, 4) is 0 Å². The van der Waals surface area contributed by atoms with Gasteiger partial charge in [-0.05, 0) is 0 Å². The Labute approximate surface area is 147 Å². The number of carbonyl (C=O) groups excluding carboxylic acids is 4. The van der Waals surface area contributed by atoms with Crippen LogP contribution in [0, 0.1) is 0 Å². The molecule has 21 heavy (non-hydrogen) atoms. The Morgan fingerprint density at radius 2 is 0.857 bits per heavy atom. The number of rotatable bonds is 8. The minimum absolute atomic E-state index is 0. The Balaban J connectivity index is -0.000000295. The second-order valence-corrected chi connectivity index (χ2v) is 3.21. The summed E-state index contributed by atoms with van der Waals surface area (Å²) in [7, 11) is 0. The minimum atomic E-state index is -1.83. The van der Waals surface area contributed by atoms with E-state index in [4.69, 9.17) is 10.2 Å². The first-order chi connectivity index (χ1) is 9.07. The monoisotopic (exact) mass is 330 g/mol. The van der Waals surface area contributed by atoms with Crippen molar-refractivity contribution in [2.45, 2.75) is 25.7 Å². The molecule has 0 radical (unpaired) electrons. The van der Waals surface area contributed by atoms with Gasteiger partial charge in [-0.2, -0.15) is 0 Å². The predicted molar refractivity (Wildman–Crippen MR) is 59.5 cm³/mol. The van der Waals surface area contributed by atoms with E-state index in [1.807, 2.05) is 0 Å². The van der Waals surface area contributed by atoms with Crippen LogP contribution in [0.25, 0.3) is 0 Å². The van der Waals surface area contributed by atoms with E-state index < -0.39 is 61.1 Å². The maximum atomic E-state index is 10.1. The molecule has 0 atom stereocenters. The largest absolute Gasteiger partial charge is 2.00 e. The molecule has 0 unspecified atom stereocenters. The van der Waals surface area contributed by atoms with Gasteiger partial charge in [-0.15, -0.1) is 0 Å². The summed E-state index contributed by atoms with van der Waals surface area (Å²) in [5.74, 6) is -8.42. The zero-order valence-corrected chi connectivity index (χ0v) is 12.9. The third-order valence-corrected chi connectivity index (χ3v) is 1.59. The maximum Gasteiger partial charge on any atom is 2.00 e. The molecule has 0 aliphatic rings. The SMILES string of the molecule is O=C(O)CCC(=O)C(=O)[O-].O=C(O)CCC(=O)C(=O)[O-].[Ca+2]. The van der Waals surface area contributed by atoms with Crippen molar-refractivity contribution in [1.29, 1.82) is 0 Å². The molecule has 10 nitrogen and oxygen atoms in total. The fourth-order valence-electron chi connectivity index (χ4n) is 0.645. The van der Waals surface area contributed by atoms with Crippen LogP contribution in [0.1, 0.15) is 25.7 Å². The van der Waals surface area contributed by atoms with Gasteiger partial charge in [0.05, 0.1) is 12.8 Å². The molecule has 0 aromatic rings. The predicted octanol–water partition coefficient (Wildman–Crippen LogP) is -4.04. The van der Waals surface area contributed by atoms with Crippen molar-refractivity contribution in [2.24, 2.45) is 0 Å². The molecule has 0 bridgehead atoms. The standard InChI is InChI=1S/2C5H6O5.Ca/c2*6-3(5(9)10)1-2-4(7)8;/h2*1-2H2,(H,7,8)(H,9,10);/q;;+2/p-2. The van der Waals surface area contributed by atoms with Crippen LogP contribution in [0.15, 0.2) is 0 Å². The van der Waals surface area contributed by atoms with E-state index in [1.54, 1.807) is 0 Å². The topological polar surface area (TPSA) is 189 Å². The Hall–Kier alpha value is -1.52. The van der Waals surface area contributed by atoms with Gasteiger partial charge < -0.3 is 30.0 Å². The summed E-state index contributed by atoms with van der Waals surface area (Å²) in [5, 5.41) is 35.3. The normalized spacial score (nSPS) is 8.38. The first-order valence-electron chi connectivity index (χ1n) is 4.99. The molecule has 0 amide bonds. The molecule has 0 spiro atoms. The number of hydrogen-bond donors (Lipinski definition) is 2. The quantitative estimate of drug-likeness (QED) is 0.327. The average molecular weight is 330 g/mol. The van der Waals surface area contributed by atoms with E-state index in [1.165, 1.54) is 0 Å². The second-order valence-electron chi connectivity index (χ2n) is 3.21. The van der Waals surface area contributed by atoms with Gasteiger partial charge in [0, 0.05) is 12.8 Å². The molecule has 0 rings (SSSR count). The number of ketones is 2. The smallest absolute Gasteiger partial charge is 0.542 e. The number of carboxylic acid groups (broad SMARTS) is 4. The van der Waals surface area contributed by atoms with Crippen molar-refractivity contribution >= 4 is 73.2 Å². The fraction of sp³-hybridized carbons (Fsp3) is 0.400. The van der Waals surface area contributed by atoms with Gasteiger partial charge in [-0.1, -0.05) is 0 Å². The number of carboxylic acids is 4. The van der Waals surface area contributed by atoms with Gasteiger partial charge in [0.15, 0.2) is 11.6 Å². The van der Waals surface area contributed by atoms with Crippen LogP contribution in [0.4, 0.5) is 0 Å². The van der Waals surface area contributed by atoms with Crippen molar-refractivity contribution in [3.63, 3.8) is 0 Å². The number of hydrogen-bond acceptors (Lipinski definition) is 8. The van der Waals surface area contributed by atoms with E-state index in [2.05, 4.69) is 0 Å². The van der Waals surface area contributed by atoms with Gasteiger partial charge >= 0.3 is 49.7 Å². The van der Waals surface area contributed by atoms with Gasteiger partial charge in [0.25, 0.3) is 0 Å². The number of aliphatic carboxylic acids is 4. The minimum Gasteiger partial charge on any atom is -0.542 e. The van der Waals surface area contributed by atoms with Crippen molar-refractivity contribution in [3.05, 3.63) is 0 Å². The van der Waals surface area contributed by atoms with Gasteiger partial charge in [-0.3, -0.25) is 19.2 Å². The maximum absolute atomic E-state index is 10.1. The number of carbonyl (C=O) groups is 6. The Kier molecular flexibility index (Phi) is 15.7. The molecule has 2 N–H and O–H groups in total. The molecular weight excluding hydrogens is 320 g/mol. The number of Topliss-reactive ketones (excluding diaryl/α,β-unsaturated/α-hetero) is 2. The van der Waals surface area contributed by atoms with Gasteiger partial charge in [-0.25, -0.2) is 0 Å². The molecular formula is C10H10CaO10. The summed E-state index contributed by atoms with van der Waals surface area (Å²) in [6, 6.07) is 0. The zero-order valence-electron chi connectivity index (χ0n) is 10.7. The van der Waals surface area contributed by atoms with Crippen LogP contribution in [0.3, 0.4) is 0 Å². The molecule has 0 saturated heterocycles. The van der Waals surface area contributed by atoms with Crippen LogP contribution in [0.2, 0.25) is 0 Å². The first-order valence-corrected chi connectivity index (χ1v) is 4.99. The van der Waals surface area contributed by atoms with Crippen LogP contribution >= 0.6 is 0 Å². The van der Waals surface area contributed by atoms with Crippen LogP contribution in [-0.4, -0.2) is 83.4 Å². The summed E-state index contributed by atoms with van der Waals surface area (Å²) in [6.07, 6.45) is -1.94. The Bertz CT molecular complexity index is 388. The molecule has 0 aliphatic carbocycles. The summed E-state index contributed by atoms with van der Waals surface area (Å²) in [4.78, 5) is 59.1. The molecule has 112 valence electrons. The van der Waals surface area contributed by atoms with Gasteiger partial charge in [0.1, 0.15) is 11.9 Å². The van der Waals surface area contributed by atoms with Crippen LogP contribution in [0.5, 0.6) is 0 Å². The fourth-order valence-corrected chi connectivity index (χ4v) is 0.645. The summed E-state index contributed by atoms with van der Waals surface area (Å²) in [5.41, 5.74) is 0. The Morgan fingerprint density at radius 1 is 0.619 bits per heavy atom. The molecule has 0 aromatic carbocycles. The molecule has 0 saturated carbocycles. The molecule has 0 aromatic heterocycles. The van der Waals surface area contributed by atoms with Crippen molar-refractivity contribution < 1.29 is 49.2 Å². The Morgan fingerprint density at radius 3 is 1.00 bits per heavy atom. The molecule has 0 heterocycles.